The zero-order chi connectivity index (χ0) is 13.4. The smallest absolute Gasteiger partial charge is 0.246 e. The lowest BCUT2D eigenvalue weighted by Crippen LogP contribution is -2.49. The first-order valence-electron chi connectivity index (χ1n) is 6.69. The van der Waals surface area contributed by atoms with Gasteiger partial charge in [-0.3, -0.25) is 0 Å². The first-order valence-corrected chi connectivity index (χ1v) is 6.69. The SMILES string of the molecule is CC1CCCC(CN)N1c1nc2ccc(F)cn2n1. The fraction of sp³-hybridized carbons (Fsp3) is 0.538. The van der Waals surface area contributed by atoms with Crippen LogP contribution >= 0.6 is 0 Å². The topological polar surface area (TPSA) is 59.5 Å². The van der Waals surface area contributed by atoms with Crippen molar-refractivity contribution in [2.45, 2.75) is 38.3 Å². The van der Waals surface area contributed by atoms with E-state index in [0.29, 0.717) is 24.2 Å². The van der Waals surface area contributed by atoms with Gasteiger partial charge in [0.15, 0.2) is 5.65 Å². The van der Waals surface area contributed by atoms with Crippen molar-refractivity contribution in [3.8, 4) is 0 Å². The van der Waals surface area contributed by atoms with Gasteiger partial charge in [-0.25, -0.2) is 8.91 Å². The number of piperidine rings is 1. The number of aromatic nitrogens is 3. The summed E-state index contributed by atoms with van der Waals surface area (Å²) in [4.78, 5) is 6.66. The molecule has 2 aromatic rings. The van der Waals surface area contributed by atoms with Crippen LogP contribution in [0, 0.1) is 5.82 Å². The molecule has 5 nitrogen and oxygen atoms in total. The number of halogens is 1. The van der Waals surface area contributed by atoms with Crippen molar-refractivity contribution in [1.82, 2.24) is 14.6 Å². The van der Waals surface area contributed by atoms with Crippen molar-refractivity contribution >= 4 is 11.6 Å². The van der Waals surface area contributed by atoms with Gasteiger partial charge in [-0.1, -0.05) is 0 Å². The molecule has 0 radical (unpaired) electrons. The quantitative estimate of drug-likeness (QED) is 0.893. The normalized spacial score (nSPS) is 24.1. The van der Waals surface area contributed by atoms with E-state index in [0.717, 1.165) is 12.8 Å². The molecule has 0 bridgehead atoms. The Morgan fingerprint density at radius 1 is 1.42 bits per heavy atom. The Labute approximate surface area is 111 Å². The number of rotatable bonds is 2. The lowest BCUT2D eigenvalue weighted by molar-refractivity contribution is 0.394. The van der Waals surface area contributed by atoms with E-state index in [-0.39, 0.29) is 11.9 Å². The fourth-order valence-electron chi connectivity index (χ4n) is 2.83. The van der Waals surface area contributed by atoms with Crippen molar-refractivity contribution in [2.75, 3.05) is 11.4 Å². The van der Waals surface area contributed by atoms with Crippen LogP contribution in [0.15, 0.2) is 18.3 Å². The Balaban J connectivity index is 2.01. The van der Waals surface area contributed by atoms with Crippen molar-refractivity contribution in [1.29, 1.82) is 0 Å². The van der Waals surface area contributed by atoms with Crippen LogP contribution in [0.5, 0.6) is 0 Å². The van der Waals surface area contributed by atoms with Crippen LogP contribution in [0.3, 0.4) is 0 Å². The summed E-state index contributed by atoms with van der Waals surface area (Å²) in [5, 5.41) is 4.38. The molecule has 1 aliphatic rings. The molecule has 102 valence electrons. The summed E-state index contributed by atoms with van der Waals surface area (Å²) in [5.74, 6) is 0.333. The average molecular weight is 263 g/mol. The Bertz CT molecular complexity index is 581. The van der Waals surface area contributed by atoms with Crippen LogP contribution in [0.1, 0.15) is 26.2 Å². The average Bonchev–Trinajstić information content (AvgIpc) is 2.80. The predicted molar refractivity (Wildman–Crippen MR) is 71.6 cm³/mol. The molecular weight excluding hydrogens is 245 g/mol. The highest BCUT2D eigenvalue weighted by Crippen LogP contribution is 2.26. The molecule has 0 aliphatic carbocycles. The minimum Gasteiger partial charge on any atom is -0.333 e. The van der Waals surface area contributed by atoms with E-state index in [1.54, 1.807) is 6.07 Å². The van der Waals surface area contributed by atoms with Gasteiger partial charge in [0.25, 0.3) is 0 Å². The van der Waals surface area contributed by atoms with Gasteiger partial charge in [0.05, 0.1) is 6.20 Å². The molecule has 2 unspecified atom stereocenters. The number of hydrogen-bond donors (Lipinski definition) is 1. The number of fused-ring (bicyclic) bond motifs is 1. The highest BCUT2D eigenvalue weighted by atomic mass is 19.1. The second kappa shape index (κ2) is 4.77. The third-order valence-electron chi connectivity index (χ3n) is 3.81. The van der Waals surface area contributed by atoms with Gasteiger partial charge in [-0.05, 0) is 38.3 Å². The first-order chi connectivity index (χ1) is 9.19. The Hall–Kier alpha value is -1.69. The maximum absolute atomic E-state index is 13.2. The predicted octanol–water partition coefficient (Wildman–Crippen LogP) is 1.57. The van der Waals surface area contributed by atoms with Gasteiger partial charge in [-0.15, -0.1) is 5.10 Å². The van der Waals surface area contributed by atoms with E-state index in [2.05, 4.69) is 21.9 Å². The third-order valence-corrected chi connectivity index (χ3v) is 3.81. The van der Waals surface area contributed by atoms with Crippen LogP contribution in [-0.2, 0) is 0 Å². The van der Waals surface area contributed by atoms with Crippen LogP contribution in [0.25, 0.3) is 5.65 Å². The molecule has 2 atom stereocenters. The highest BCUT2D eigenvalue weighted by Gasteiger charge is 2.29. The molecule has 1 fully saturated rings. The minimum atomic E-state index is -0.314. The van der Waals surface area contributed by atoms with Gasteiger partial charge in [-0.2, -0.15) is 4.98 Å². The molecule has 2 aromatic heterocycles. The Morgan fingerprint density at radius 2 is 2.26 bits per heavy atom. The zero-order valence-electron chi connectivity index (χ0n) is 11.0. The largest absolute Gasteiger partial charge is 0.333 e. The van der Waals surface area contributed by atoms with Crippen molar-refractivity contribution < 1.29 is 4.39 Å². The van der Waals surface area contributed by atoms with Crippen molar-refractivity contribution in [3.63, 3.8) is 0 Å². The molecule has 2 N–H and O–H groups in total. The molecular formula is C13H18FN5. The number of pyridine rings is 1. The number of nitrogens with two attached hydrogens (primary N) is 1. The molecule has 6 heteroatoms. The molecule has 0 spiro atoms. The van der Waals surface area contributed by atoms with Gasteiger partial charge in [0, 0.05) is 18.6 Å². The highest BCUT2D eigenvalue weighted by molar-refractivity contribution is 5.46. The lowest BCUT2D eigenvalue weighted by Gasteiger charge is -2.39. The molecule has 0 saturated carbocycles. The Kier molecular flexibility index (Phi) is 3.10. The second-order valence-corrected chi connectivity index (χ2v) is 5.14. The zero-order valence-corrected chi connectivity index (χ0v) is 11.0. The van der Waals surface area contributed by atoms with Crippen LogP contribution in [0.2, 0.25) is 0 Å². The summed E-state index contributed by atoms with van der Waals surface area (Å²) in [7, 11) is 0. The summed E-state index contributed by atoms with van der Waals surface area (Å²) in [6, 6.07) is 3.67. The van der Waals surface area contributed by atoms with Gasteiger partial charge in [0.1, 0.15) is 5.82 Å². The van der Waals surface area contributed by atoms with E-state index in [1.165, 1.54) is 23.2 Å². The van der Waals surface area contributed by atoms with E-state index in [9.17, 15) is 4.39 Å². The van der Waals surface area contributed by atoms with E-state index < -0.39 is 0 Å². The maximum Gasteiger partial charge on any atom is 0.246 e. The molecule has 0 aromatic carbocycles. The monoisotopic (exact) mass is 263 g/mol. The number of hydrogen-bond acceptors (Lipinski definition) is 4. The summed E-state index contributed by atoms with van der Waals surface area (Å²) in [6.45, 7) is 2.75. The molecule has 19 heavy (non-hydrogen) atoms. The first kappa shape index (κ1) is 12.3. The molecule has 1 aliphatic heterocycles. The van der Waals surface area contributed by atoms with E-state index in [4.69, 9.17) is 5.73 Å². The van der Waals surface area contributed by atoms with E-state index >= 15 is 0 Å². The van der Waals surface area contributed by atoms with Gasteiger partial charge < -0.3 is 10.6 Å². The number of nitrogens with zero attached hydrogens (tertiary/aromatic N) is 4. The Morgan fingerprint density at radius 3 is 3.05 bits per heavy atom. The minimum absolute atomic E-state index is 0.269. The van der Waals surface area contributed by atoms with Crippen LogP contribution in [0.4, 0.5) is 10.3 Å². The maximum atomic E-state index is 13.2. The standard InChI is InChI=1S/C13H18FN5/c1-9-3-2-4-11(7-15)19(9)13-16-12-6-5-10(14)8-18(12)17-13/h5-6,8-9,11H,2-4,7,15H2,1H3. The lowest BCUT2D eigenvalue weighted by atomic mass is 9.97. The summed E-state index contributed by atoms with van der Waals surface area (Å²) in [5.41, 5.74) is 6.50. The van der Waals surface area contributed by atoms with Crippen LogP contribution in [-0.4, -0.2) is 33.2 Å². The van der Waals surface area contributed by atoms with Crippen molar-refractivity contribution in [3.05, 3.63) is 24.1 Å². The van der Waals surface area contributed by atoms with Crippen molar-refractivity contribution in [2.24, 2.45) is 5.73 Å². The van der Waals surface area contributed by atoms with Gasteiger partial charge >= 0.3 is 0 Å². The van der Waals surface area contributed by atoms with Crippen LogP contribution < -0.4 is 10.6 Å². The fourth-order valence-corrected chi connectivity index (χ4v) is 2.83. The summed E-state index contributed by atoms with van der Waals surface area (Å²) >= 11 is 0. The third kappa shape index (κ3) is 2.16. The summed E-state index contributed by atoms with van der Waals surface area (Å²) in [6.07, 6.45) is 4.70. The molecule has 0 amide bonds. The molecule has 3 heterocycles. The number of anilines is 1. The summed E-state index contributed by atoms with van der Waals surface area (Å²) < 4.78 is 14.7. The molecule has 1 saturated heterocycles. The van der Waals surface area contributed by atoms with Gasteiger partial charge in [0.2, 0.25) is 5.95 Å². The van der Waals surface area contributed by atoms with E-state index in [1.807, 2.05) is 0 Å². The second-order valence-electron chi connectivity index (χ2n) is 5.14. The molecule has 3 rings (SSSR count).